The maximum atomic E-state index is 12.0. The van der Waals surface area contributed by atoms with Crippen LogP contribution in [0.2, 0.25) is 0 Å². The maximum absolute atomic E-state index is 12.0. The summed E-state index contributed by atoms with van der Waals surface area (Å²) in [5, 5.41) is 11.5. The van der Waals surface area contributed by atoms with Crippen LogP contribution in [0.25, 0.3) is 0 Å². The maximum Gasteiger partial charge on any atom is 0.326 e. The molecule has 1 heterocycles. The molecule has 1 saturated heterocycles. The number of hydrogen-bond donors (Lipinski definition) is 2. The minimum atomic E-state index is -0.986. The van der Waals surface area contributed by atoms with Crippen molar-refractivity contribution in [2.24, 2.45) is 0 Å². The number of carbonyl (C=O) groups excluding carboxylic acids is 1. The van der Waals surface area contributed by atoms with Gasteiger partial charge in [0.2, 0.25) is 0 Å². The van der Waals surface area contributed by atoms with Gasteiger partial charge < -0.3 is 15.3 Å². The Morgan fingerprint density at radius 3 is 2.70 bits per heavy atom. The topological polar surface area (TPSA) is 69.6 Å². The number of benzene rings is 1. The Balaban J connectivity index is 1.92. The lowest BCUT2D eigenvalue weighted by Crippen LogP contribution is -2.46. The Kier molecular flexibility index (Phi) is 4.61. The molecule has 2 amide bonds. The first-order valence-electron chi connectivity index (χ1n) is 6.95. The second kappa shape index (κ2) is 6.41. The number of carbonyl (C=O) groups is 2. The molecule has 1 aromatic carbocycles. The molecule has 5 nitrogen and oxygen atoms in total. The molecule has 20 heavy (non-hydrogen) atoms. The van der Waals surface area contributed by atoms with E-state index in [-0.39, 0.29) is 6.03 Å². The highest BCUT2D eigenvalue weighted by Gasteiger charge is 2.29. The fraction of sp³-hybridized carbons (Fsp3) is 0.467. The van der Waals surface area contributed by atoms with Gasteiger partial charge in [-0.25, -0.2) is 9.59 Å². The smallest absolute Gasteiger partial charge is 0.326 e. The van der Waals surface area contributed by atoms with E-state index >= 15 is 0 Å². The van der Waals surface area contributed by atoms with Gasteiger partial charge in [0.15, 0.2) is 0 Å². The lowest BCUT2D eigenvalue weighted by atomic mass is 9.99. The van der Waals surface area contributed by atoms with E-state index in [2.05, 4.69) is 17.4 Å². The standard InChI is InChI=1S/C15H20N2O3/c1-2-13(14(18)19)16-15(20)17-9-8-12(10-17)11-6-4-3-5-7-11/h3-7,12-13H,2,8-10H2,1H3,(H,16,20)(H,18,19)/t12?,13-/m0/s1. The first-order chi connectivity index (χ1) is 9.61. The van der Waals surface area contributed by atoms with E-state index in [1.807, 2.05) is 18.2 Å². The quantitative estimate of drug-likeness (QED) is 0.884. The van der Waals surface area contributed by atoms with Gasteiger partial charge in [-0.2, -0.15) is 0 Å². The van der Waals surface area contributed by atoms with Gasteiger partial charge in [0, 0.05) is 19.0 Å². The van der Waals surface area contributed by atoms with E-state index in [0.717, 1.165) is 6.42 Å². The molecule has 0 spiro atoms. The molecule has 0 aliphatic carbocycles. The van der Waals surface area contributed by atoms with Gasteiger partial charge in [-0.15, -0.1) is 0 Å². The fourth-order valence-electron chi connectivity index (χ4n) is 2.52. The van der Waals surface area contributed by atoms with Gasteiger partial charge in [0.25, 0.3) is 0 Å². The summed E-state index contributed by atoms with van der Waals surface area (Å²) in [7, 11) is 0. The molecule has 1 unspecified atom stereocenters. The summed E-state index contributed by atoms with van der Waals surface area (Å²) >= 11 is 0. The van der Waals surface area contributed by atoms with Crippen LogP contribution in [-0.4, -0.2) is 41.1 Å². The van der Waals surface area contributed by atoms with Crippen molar-refractivity contribution < 1.29 is 14.7 Å². The average molecular weight is 276 g/mol. The molecule has 2 rings (SSSR count). The van der Waals surface area contributed by atoms with Crippen LogP contribution in [-0.2, 0) is 4.79 Å². The number of amides is 2. The van der Waals surface area contributed by atoms with Gasteiger partial charge >= 0.3 is 12.0 Å². The van der Waals surface area contributed by atoms with Crippen LogP contribution in [0.3, 0.4) is 0 Å². The Hall–Kier alpha value is -2.04. The van der Waals surface area contributed by atoms with Crippen molar-refractivity contribution in [2.45, 2.75) is 31.7 Å². The van der Waals surface area contributed by atoms with Crippen LogP contribution in [0.15, 0.2) is 30.3 Å². The highest BCUT2D eigenvalue weighted by atomic mass is 16.4. The number of carboxylic acid groups (broad SMARTS) is 1. The number of rotatable bonds is 4. The molecule has 2 N–H and O–H groups in total. The second-order valence-corrected chi connectivity index (χ2v) is 5.09. The summed E-state index contributed by atoms with van der Waals surface area (Å²) in [5.41, 5.74) is 1.23. The predicted octanol–water partition coefficient (Wildman–Crippen LogP) is 2.05. The van der Waals surface area contributed by atoms with Crippen LogP contribution in [0.1, 0.15) is 31.2 Å². The average Bonchev–Trinajstić information content (AvgIpc) is 2.95. The fourth-order valence-corrected chi connectivity index (χ4v) is 2.52. The van der Waals surface area contributed by atoms with Crippen molar-refractivity contribution in [1.82, 2.24) is 10.2 Å². The first-order valence-corrected chi connectivity index (χ1v) is 6.95. The van der Waals surface area contributed by atoms with Gasteiger partial charge in [-0.05, 0) is 18.4 Å². The van der Waals surface area contributed by atoms with E-state index in [1.54, 1.807) is 11.8 Å². The lowest BCUT2D eigenvalue weighted by molar-refractivity contribution is -0.139. The second-order valence-electron chi connectivity index (χ2n) is 5.09. The Bertz CT molecular complexity index is 475. The van der Waals surface area contributed by atoms with Gasteiger partial charge in [-0.3, -0.25) is 0 Å². The molecule has 0 bridgehead atoms. The molecular weight excluding hydrogens is 256 g/mol. The third-order valence-corrected chi connectivity index (χ3v) is 3.75. The van der Waals surface area contributed by atoms with E-state index < -0.39 is 12.0 Å². The van der Waals surface area contributed by atoms with E-state index in [4.69, 9.17) is 5.11 Å². The van der Waals surface area contributed by atoms with Crippen LogP contribution in [0.4, 0.5) is 4.79 Å². The van der Waals surface area contributed by atoms with Crippen molar-refractivity contribution in [2.75, 3.05) is 13.1 Å². The zero-order chi connectivity index (χ0) is 14.5. The molecule has 1 aromatic rings. The number of likely N-dealkylation sites (tertiary alicyclic amines) is 1. The zero-order valence-electron chi connectivity index (χ0n) is 11.6. The molecule has 0 radical (unpaired) electrons. The number of nitrogens with zero attached hydrogens (tertiary/aromatic N) is 1. The normalized spacial score (nSPS) is 19.6. The molecule has 0 saturated carbocycles. The summed E-state index contributed by atoms with van der Waals surface area (Å²) in [4.78, 5) is 24.7. The summed E-state index contributed by atoms with van der Waals surface area (Å²) in [5.74, 6) is -0.647. The van der Waals surface area contributed by atoms with Crippen molar-refractivity contribution in [1.29, 1.82) is 0 Å². The third-order valence-electron chi connectivity index (χ3n) is 3.75. The van der Waals surface area contributed by atoms with E-state index in [9.17, 15) is 9.59 Å². The number of urea groups is 1. The van der Waals surface area contributed by atoms with Gasteiger partial charge in [0.1, 0.15) is 6.04 Å². The molecule has 1 fully saturated rings. The van der Waals surface area contributed by atoms with Crippen LogP contribution < -0.4 is 5.32 Å². The minimum absolute atomic E-state index is 0.280. The summed E-state index contributed by atoms with van der Waals surface area (Å²) < 4.78 is 0. The summed E-state index contributed by atoms with van der Waals surface area (Å²) in [6, 6.07) is 9.01. The first kappa shape index (κ1) is 14.4. The highest BCUT2D eigenvalue weighted by Crippen LogP contribution is 2.26. The van der Waals surface area contributed by atoms with Crippen LogP contribution >= 0.6 is 0 Å². The molecule has 2 atom stereocenters. The van der Waals surface area contributed by atoms with Gasteiger partial charge in [-0.1, -0.05) is 37.3 Å². The summed E-state index contributed by atoms with van der Waals surface area (Å²) in [6.07, 6.45) is 1.30. The van der Waals surface area contributed by atoms with Crippen molar-refractivity contribution >= 4 is 12.0 Å². The Labute approximate surface area is 118 Å². The van der Waals surface area contributed by atoms with Crippen LogP contribution in [0, 0.1) is 0 Å². The molecule has 108 valence electrons. The SMILES string of the molecule is CC[C@H](NC(=O)N1CCC(c2ccccc2)C1)C(=O)O. The van der Waals surface area contributed by atoms with Gasteiger partial charge in [0.05, 0.1) is 0 Å². The van der Waals surface area contributed by atoms with Crippen molar-refractivity contribution in [3.8, 4) is 0 Å². The van der Waals surface area contributed by atoms with E-state index in [0.29, 0.717) is 25.4 Å². The summed E-state index contributed by atoms with van der Waals surface area (Å²) in [6.45, 7) is 3.06. The molecule has 0 aromatic heterocycles. The lowest BCUT2D eigenvalue weighted by Gasteiger charge is -2.20. The number of carboxylic acids is 1. The Morgan fingerprint density at radius 1 is 1.40 bits per heavy atom. The molecule has 1 aliphatic rings. The molecule has 1 aliphatic heterocycles. The zero-order valence-corrected chi connectivity index (χ0v) is 11.6. The van der Waals surface area contributed by atoms with E-state index in [1.165, 1.54) is 5.56 Å². The Morgan fingerprint density at radius 2 is 2.10 bits per heavy atom. The van der Waals surface area contributed by atoms with Crippen molar-refractivity contribution in [3.05, 3.63) is 35.9 Å². The monoisotopic (exact) mass is 276 g/mol. The number of aliphatic carboxylic acids is 1. The highest BCUT2D eigenvalue weighted by molar-refractivity contribution is 5.82. The predicted molar refractivity (Wildman–Crippen MR) is 75.6 cm³/mol. The minimum Gasteiger partial charge on any atom is -0.480 e. The largest absolute Gasteiger partial charge is 0.480 e. The van der Waals surface area contributed by atoms with Crippen molar-refractivity contribution in [3.63, 3.8) is 0 Å². The third kappa shape index (κ3) is 3.29. The molecular formula is C15H20N2O3. The number of hydrogen-bond acceptors (Lipinski definition) is 2. The van der Waals surface area contributed by atoms with Crippen LogP contribution in [0.5, 0.6) is 0 Å². The number of nitrogens with one attached hydrogen (secondary N) is 1. The molecule has 5 heteroatoms.